The minimum Gasteiger partial charge on any atom is -0.312 e. The molecule has 1 aliphatic heterocycles. The molecule has 0 unspecified atom stereocenters. The molecule has 1 spiro atoms. The molecule has 1 aromatic carbocycles. The Morgan fingerprint density at radius 1 is 1.24 bits per heavy atom. The van der Waals surface area contributed by atoms with Crippen molar-refractivity contribution in [1.82, 2.24) is 5.32 Å². The molecule has 1 saturated carbocycles. The minimum absolute atomic E-state index is 0.383. The second-order valence-electron chi connectivity index (χ2n) is 7.11. The van der Waals surface area contributed by atoms with Crippen molar-refractivity contribution >= 4 is 0 Å². The highest BCUT2D eigenvalue weighted by Crippen LogP contribution is 2.50. The number of benzene rings is 1. The summed E-state index contributed by atoms with van der Waals surface area (Å²) < 4.78 is 0. The SMILES string of the molecule is CC(C)(C)Cc1ccc2c(c1)CNCC21CC1. The minimum atomic E-state index is 0.383. The third-order valence-electron chi connectivity index (χ3n) is 4.11. The second kappa shape index (κ2) is 3.58. The van der Waals surface area contributed by atoms with Crippen LogP contribution in [0.5, 0.6) is 0 Å². The second-order valence-corrected chi connectivity index (χ2v) is 7.11. The molecule has 0 aromatic heterocycles. The first-order valence-corrected chi connectivity index (χ1v) is 6.82. The van der Waals surface area contributed by atoms with Crippen LogP contribution in [0.15, 0.2) is 18.2 Å². The predicted molar refractivity (Wildman–Crippen MR) is 72.2 cm³/mol. The lowest BCUT2D eigenvalue weighted by molar-refractivity contribution is 0.410. The number of fused-ring (bicyclic) bond motifs is 2. The molecule has 1 heterocycles. The maximum Gasteiger partial charge on any atom is 0.0208 e. The van der Waals surface area contributed by atoms with Crippen LogP contribution in [0.1, 0.15) is 50.3 Å². The lowest BCUT2D eigenvalue weighted by atomic mass is 9.83. The molecule has 0 bridgehead atoms. The summed E-state index contributed by atoms with van der Waals surface area (Å²) in [5.41, 5.74) is 5.58. The molecule has 1 fully saturated rings. The molecular weight excluding hydrogens is 206 g/mol. The lowest BCUT2D eigenvalue weighted by Gasteiger charge is -2.27. The van der Waals surface area contributed by atoms with Crippen molar-refractivity contribution in [2.45, 2.75) is 52.0 Å². The van der Waals surface area contributed by atoms with E-state index in [4.69, 9.17) is 0 Å². The van der Waals surface area contributed by atoms with E-state index in [0.717, 1.165) is 6.54 Å². The van der Waals surface area contributed by atoms with E-state index >= 15 is 0 Å². The van der Waals surface area contributed by atoms with Crippen LogP contribution >= 0.6 is 0 Å². The van der Waals surface area contributed by atoms with Crippen molar-refractivity contribution in [3.05, 3.63) is 34.9 Å². The number of nitrogens with one attached hydrogen (secondary N) is 1. The van der Waals surface area contributed by atoms with Gasteiger partial charge in [0.05, 0.1) is 0 Å². The summed E-state index contributed by atoms with van der Waals surface area (Å²) in [5, 5.41) is 3.58. The topological polar surface area (TPSA) is 12.0 Å². The Balaban J connectivity index is 1.91. The van der Waals surface area contributed by atoms with Gasteiger partial charge in [-0.15, -0.1) is 0 Å². The first-order chi connectivity index (χ1) is 7.99. The molecule has 0 amide bonds. The summed E-state index contributed by atoms with van der Waals surface area (Å²) in [6, 6.07) is 7.20. The van der Waals surface area contributed by atoms with Crippen molar-refractivity contribution in [1.29, 1.82) is 0 Å². The third-order valence-corrected chi connectivity index (χ3v) is 4.11. The van der Waals surface area contributed by atoms with Crippen LogP contribution in [-0.2, 0) is 18.4 Å². The van der Waals surface area contributed by atoms with Crippen molar-refractivity contribution in [3.63, 3.8) is 0 Å². The van der Waals surface area contributed by atoms with Gasteiger partial charge < -0.3 is 5.32 Å². The highest BCUT2D eigenvalue weighted by Gasteiger charge is 2.46. The van der Waals surface area contributed by atoms with Crippen LogP contribution in [0.25, 0.3) is 0 Å². The van der Waals surface area contributed by atoms with E-state index in [2.05, 4.69) is 44.3 Å². The molecule has 17 heavy (non-hydrogen) atoms. The smallest absolute Gasteiger partial charge is 0.0208 e. The fourth-order valence-corrected chi connectivity index (χ4v) is 3.16. The van der Waals surface area contributed by atoms with E-state index in [1.165, 1.54) is 31.4 Å². The summed E-state index contributed by atoms with van der Waals surface area (Å²) >= 11 is 0. The van der Waals surface area contributed by atoms with E-state index in [1.807, 2.05) is 0 Å². The lowest BCUT2D eigenvalue weighted by Crippen LogP contribution is -2.33. The number of hydrogen-bond donors (Lipinski definition) is 1. The van der Waals surface area contributed by atoms with E-state index in [1.54, 1.807) is 11.1 Å². The first kappa shape index (κ1) is 11.3. The van der Waals surface area contributed by atoms with Gasteiger partial charge in [-0.25, -0.2) is 0 Å². The molecule has 1 aromatic rings. The van der Waals surface area contributed by atoms with Crippen molar-refractivity contribution in [2.75, 3.05) is 6.54 Å². The van der Waals surface area contributed by atoms with Crippen LogP contribution in [0.3, 0.4) is 0 Å². The van der Waals surface area contributed by atoms with E-state index in [0.29, 0.717) is 10.8 Å². The standard InChI is InChI=1S/C16H23N/c1-15(2,3)9-12-4-5-14-13(8-12)10-17-11-16(14)6-7-16/h4-5,8,17H,6-7,9-11H2,1-3H3. The molecule has 1 heteroatoms. The molecule has 1 aliphatic carbocycles. The van der Waals surface area contributed by atoms with Gasteiger partial charge in [-0.1, -0.05) is 39.0 Å². The molecule has 0 atom stereocenters. The molecular formula is C16H23N. The molecule has 0 radical (unpaired) electrons. The average Bonchev–Trinajstić information content (AvgIpc) is 2.96. The van der Waals surface area contributed by atoms with E-state index in [9.17, 15) is 0 Å². The van der Waals surface area contributed by atoms with Gasteiger partial charge in [-0.2, -0.15) is 0 Å². The first-order valence-electron chi connectivity index (χ1n) is 6.82. The monoisotopic (exact) mass is 229 g/mol. The summed E-state index contributed by atoms with van der Waals surface area (Å²) in [4.78, 5) is 0. The fraction of sp³-hybridized carbons (Fsp3) is 0.625. The highest BCUT2D eigenvalue weighted by atomic mass is 14.9. The van der Waals surface area contributed by atoms with Gasteiger partial charge in [0.15, 0.2) is 0 Å². The van der Waals surface area contributed by atoms with E-state index < -0.39 is 0 Å². The van der Waals surface area contributed by atoms with Crippen LogP contribution in [0.2, 0.25) is 0 Å². The van der Waals surface area contributed by atoms with Crippen molar-refractivity contribution < 1.29 is 0 Å². The van der Waals surface area contributed by atoms with Crippen LogP contribution in [-0.4, -0.2) is 6.54 Å². The van der Waals surface area contributed by atoms with Gasteiger partial charge in [0.25, 0.3) is 0 Å². The van der Waals surface area contributed by atoms with Crippen molar-refractivity contribution in [2.24, 2.45) is 5.41 Å². The molecule has 3 rings (SSSR count). The van der Waals surface area contributed by atoms with Gasteiger partial charge in [-0.3, -0.25) is 0 Å². The Labute approximate surface area is 105 Å². The summed E-state index contributed by atoms with van der Waals surface area (Å²) in [5.74, 6) is 0. The molecule has 1 nitrogen and oxygen atoms in total. The Morgan fingerprint density at radius 2 is 2.00 bits per heavy atom. The van der Waals surface area contributed by atoms with Gasteiger partial charge in [0.2, 0.25) is 0 Å². The zero-order valence-corrected chi connectivity index (χ0v) is 11.3. The molecule has 1 N–H and O–H groups in total. The van der Waals surface area contributed by atoms with Gasteiger partial charge >= 0.3 is 0 Å². The van der Waals surface area contributed by atoms with Crippen molar-refractivity contribution in [3.8, 4) is 0 Å². The maximum atomic E-state index is 3.58. The zero-order valence-electron chi connectivity index (χ0n) is 11.3. The van der Waals surface area contributed by atoms with E-state index in [-0.39, 0.29) is 0 Å². The summed E-state index contributed by atoms with van der Waals surface area (Å²) in [7, 11) is 0. The Hall–Kier alpha value is -0.820. The maximum absolute atomic E-state index is 3.58. The normalized spacial score (nSPS) is 21.4. The van der Waals surface area contributed by atoms with Gasteiger partial charge in [-0.05, 0) is 41.4 Å². The zero-order chi connectivity index (χ0) is 12.1. The van der Waals surface area contributed by atoms with Crippen LogP contribution in [0, 0.1) is 5.41 Å². The molecule has 2 aliphatic rings. The highest BCUT2D eigenvalue weighted by molar-refractivity contribution is 5.43. The predicted octanol–water partition coefficient (Wildman–Crippen LogP) is 3.41. The number of hydrogen-bond acceptors (Lipinski definition) is 1. The number of rotatable bonds is 1. The molecule has 92 valence electrons. The van der Waals surface area contributed by atoms with Crippen LogP contribution in [0.4, 0.5) is 0 Å². The third kappa shape index (κ3) is 2.13. The fourth-order valence-electron chi connectivity index (χ4n) is 3.16. The Morgan fingerprint density at radius 3 is 2.65 bits per heavy atom. The largest absolute Gasteiger partial charge is 0.312 e. The van der Waals surface area contributed by atoms with Crippen LogP contribution < -0.4 is 5.32 Å². The quantitative estimate of drug-likeness (QED) is 0.778. The molecule has 0 saturated heterocycles. The Bertz CT molecular complexity index is 435. The summed E-state index contributed by atoms with van der Waals surface area (Å²) in [6.45, 7) is 9.20. The average molecular weight is 229 g/mol. The Kier molecular flexibility index (Phi) is 2.38. The van der Waals surface area contributed by atoms with Gasteiger partial charge in [0, 0.05) is 18.5 Å². The summed E-state index contributed by atoms with van der Waals surface area (Å²) in [6.07, 6.45) is 3.94. The van der Waals surface area contributed by atoms with Gasteiger partial charge in [0.1, 0.15) is 0 Å².